The van der Waals surface area contributed by atoms with Gasteiger partial charge in [0, 0.05) is 5.57 Å². The molecule has 0 radical (unpaired) electrons. The van der Waals surface area contributed by atoms with Crippen molar-refractivity contribution in [2.75, 3.05) is 6.61 Å². The van der Waals surface area contributed by atoms with Gasteiger partial charge in [0.25, 0.3) is 0 Å². The van der Waals surface area contributed by atoms with E-state index in [1.165, 1.54) is 77.0 Å². The Morgan fingerprint density at radius 1 is 0.808 bits per heavy atom. The third kappa shape index (κ3) is 17.8. The molecular weight excluding hydrogens is 320 g/mol. The van der Waals surface area contributed by atoms with Gasteiger partial charge in [0.1, 0.15) is 0 Å². The maximum atomic E-state index is 11.5. The van der Waals surface area contributed by atoms with E-state index in [2.05, 4.69) is 27.0 Å². The predicted molar refractivity (Wildman–Crippen MR) is 114 cm³/mol. The molecule has 152 valence electrons. The van der Waals surface area contributed by atoms with Gasteiger partial charge in [0.05, 0.1) is 6.61 Å². The Balaban J connectivity index is 3.17. The molecule has 2 heteroatoms. The second kappa shape index (κ2) is 18.7. The third-order valence-corrected chi connectivity index (χ3v) is 4.84. The van der Waals surface area contributed by atoms with Gasteiger partial charge >= 0.3 is 5.97 Å². The summed E-state index contributed by atoms with van der Waals surface area (Å²) in [4.78, 5) is 11.5. The number of hydrogen-bond donors (Lipinski definition) is 0. The molecule has 0 aliphatic heterocycles. The average molecular weight is 365 g/mol. The molecule has 0 amide bonds. The van der Waals surface area contributed by atoms with E-state index in [0.717, 1.165) is 18.8 Å². The zero-order valence-corrected chi connectivity index (χ0v) is 17.7. The summed E-state index contributed by atoms with van der Waals surface area (Å²) >= 11 is 0. The highest BCUT2D eigenvalue weighted by Crippen LogP contribution is 2.14. The van der Waals surface area contributed by atoms with Crippen LogP contribution in [0.25, 0.3) is 0 Å². The van der Waals surface area contributed by atoms with Crippen LogP contribution in [0.3, 0.4) is 0 Å². The lowest BCUT2D eigenvalue weighted by Gasteiger charge is -2.06. The highest BCUT2D eigenvalue weighted by molar-refractivity contribution is 5.87. The summed E-state index contributed by atoms with van der Waals surface area (Å²) in [6, 6.07) is 0. The molecule has 0 heterocycles. The molecule has 0 aromatic rings. The summed E-state index contributed by atoms with van der Waals surface area (Å²) < 4.78 is 5.19. The first-order valence-electron chi connectivity index (χ1n) is 11.0. The van der Waals surface area contributed by atoms with E-state index in [1.807, 2.05) is 0 Å². The van der Waals surface area contributed by atoms with Gasteiger partial charge in [-0.15, -0.1) is 6.58 Å². The minimum atomic E-state index is -0.273. The van der Waals surface area contributed by atoms with Gasteiger partial charge in [-0.3, -0.25) is 0 Å². The molecule has 0 saturated heterocycles. The van der Waals surface area contributed by atoms with Gasteiger partial charge in [-0.05, 0) is 18.8 Å². The smallest absolute Gasteiger partial charge is 0.333 e. The molecule has 0 aliphatic rings. The molecular formula is C24H44O2. The number of unbranched alkanes of at least 4 members (excludes halogenated alkanes) is 12. The van der Waals surface area contributed by atoms with Gasteiger partial charge in [0.15, 0.2) is 0 Å². The van der Waals surface area contributed by atoms with Crippen LogP contribution in [-0.4, -0.2) is 12.6 Å². The van der Waals surface area contributed by atoms with Crippen molar-refractivity contribution in [3.8, 4) is 0 Å². The van der Waals surface area contributed by atoms with Crippen molar-refractivity contribution in [1.82, 2.24) is 0 Å². The van der Waals surface area contributed by atoms with Crippen LogP contribution < -0.4 is 0 Å². The SMILES string of the molecule is C=CCC(=C)C(=O)OCCCCCCCCCCCCCCCC(C)C. The van der Waals surface area contributed by atoms with E-state index < -0.39 is 0 Å². The quantitative estimate of drug-likeness (QED) is 0.101. The number of hydrogen-bond acceptors (Lipinski definition) is 2. The summed E-state index contributed by atoms with van der Waals surface area (Å²) in [6.45, 7) is 12.4. The number of carbonyl (C=O) groups excluding carboxylic acids is 1. The Kier molecular flexibility index (Phi) is 18.0. The van der Waals surface area contributed by atoms with Crippen LogP contribution in [0, 0.1) is 5.92 Å². The number of allylic oxidation sites excluding steroid dienone is 1. The lowest BCUT2D eigenvalue weighted by molar-refractivity contribution is -0.139. The van der Waals surface area contributed by atoms with Crippen molar-refractivity contribution in [2.45, 2.75) is 110 Å². The van der Waals surface area contributed by atoms with Crippen LogP contribution in [0.15, 0.2) is 24.8 Å². The van der Waals surface area contributed by atoms with Crippen LogP contribution in [0.1, 0.15) is 110 Å². The maximum Gasteiger partial charge on any atom is 0.333 e. The van der Waals surface area contributed by atoms with E-state index in [9.17, 15) is 4.79 Å². The molecule has 0 saturated carbocycles. The van der Waals surface area contributed by atoms with E-state index >= 15 is 0 Å². The first-order chi connectivity index (χ1) is 12.6. The van der Waals surface area contributed by atoms with Gasteiger partial charge in [-0.25, -0.2) is 4.79 Å². The lowest BCUT2D eigenvalue weighted by Crippen LogP contribution is -2.07. The van der Waals surface area contributed by atoms with Crippen LogP contribution in [0.2, 0.25) is 0 Å². The van der Waals surface area contributed by atoms with Crippen molar-refractivity contribution in [3.05, 3.63) is 24.8 Å². The number of ether oxygens (including phenoxy) is 1. The monoisotopic (exact) mass is 364 g/mol. The molecule has 0 rings (SSSR count). The first kappa shape index (κ1) is 24.9. The van der Waals surface area contributed by atoms with Crippen LogP contribution in [0.4, 0.5) is 0 Å². The van der Waals surface area contributed by atoms with Crippen molar-refractivity contribution in [1.29, 1.82) is 0 Å². The lowest BCUT2D eigenvalue weighted by atomic mass is 10.0. The van der Waals surface area contributed by atoms with Crippen molar-refractivity contribution >= 4 is 5.97 Å². The standard InChI is InChI=1S/C24H44O2/c1-5-19-23(4)24(25)26-21-18-16-14-12-10-8-6-7-9-11-13-15-17-20-22(2)3/h5,22H,1,4,6-21H2,2-3H3. The molecule has 0 aromatic carbocycles. The Bertz CT molecular complexity index is 357. The topological polar surface area (TPSA) is 26.3 Å². The van der Waals surface area contributed by atoms with E-state index in [-0.39, 0.29) is 5.97 Å². The normalized spacial score (nSPS) is 10.9. The van der Waals surface area contributed by atoms with Crippen molar-refractivity contribution in [2.24, 2.45) is 5.92 Å². The second-order valence-corrected chi connectivity index (χ2v) is 8.01. The van der Waals surface area contributed by atoms with Gasteiger partial charge in [0.2, 0.25) is 0 Å². The summed E-state index contributed by atoms with van der Waals surface area (Å²) in [5, 5.41) is 0. The highest BCUT2D eigenvalue weighted by Gasteiger charge is 2.05. The summed E-state index contributed by atoms with van der Waals surface area (Å²) in [5.74, 6) is 0.595. The fraction of sp³-hybridized carbons (Fsp3) is 0.792. The largest absolute Gasteiger partial charge is 0.462 e. The highest BCUT2D eigenvalue weighted by atomic mass is 16.5. The van der Waals surface area contributed by atoms with Gasteiger partial charge in [-0.2, -0.15) is 0 Å². The third-order valence-electron chi connectivity index (χ3n) is 4.84. The summed E-state index contributed by atoms with van der Waals surface area (Å²) in [6.07, 6.45) is 20.9. The zero-order valence-electron chi connectivity index (χ0n) is 17.7. The first-order valence-corrected chi connectivity index (χ1v) is 11.0. The molecule has 0 aromatic heterocycles. The Labute approximate surface area is 163 Å². The molecule has 0 atom stereocenters. The van der Waals surface area contributed by atoms with Gasteiger partial charge in [-0.1, -0.05) is 110 Å². The van der Waals surface area contributed by atoms with E-state index in [4.69, 9.17) is 4.74 Å². The molecule has 0 spiro atoms. The van der Waals surface area contributed by atoms with Crippen molar-refractivity contribution in [3.63, 3.8) is 0 Å². The van der Waals surface area contributed by atoms with Gasteiger partial charge < -0.3 is 4.74 Å². The average Bonchev–Trinajstić information content (AvgIpc) is 2.61. The van der Waals surface area contributed by atoms with E-state index in [0.29, 0.717) is 18.6 Å². The predicted octanol–water partition coefficient (Wildman–Crippen LogP) is 7.78. The van der Waals surface area contributed by atoms with Crippen LogP contribution in [0.5, 0.6) is 0 Å². The minimum Gasteiger partial charge on any atom is -0.462 e. The van der Waals surface area contributed by atoms with Crippen LogP contribution in [-0.2, 0) is 9.53 Å². The molecule has 0 fully saturated rings. The summed E-state index contributed by atoms with van der Waals surface area (Å²) in [5.41, 5.74) is 0.496. The summed E-state index contributed by atoms with van der Waals surface area (Å²) in [7, 11) is 0. The van der Waals surface area contributed by atoms with Crippen LogP contribution >= 0.6 is 0 Å². The fourth-order valence-corrected chi connectivity index (χ4v) is 3.12. The van der Waals surface area contributed by atoms with E-state index in [1.54, 1.807) is 6.08 Å². The molecule has 26 heavy (non-hydrogen) atoms. The number of esters is 1. The molecule has 0 unspecified atom stereocenters. The molecule has 0 aliphatic carbocycles. The van der Waals surface area contributed by atoms with Crippen molar-refractivity contribution < 1.29 is 9.53 Å². The Morgan fingerprint density at radius 3 is 1.65 bits per heavy atom. The number of rotatable bonds is 19. The molecule has 0 N–H and O–H groups in total. The molecule has 2 nitrogen and oxygen atoms in total. The maximum absolute atomic E-state index is 11.5. The molecule has 0 bridgehead atoms. The zero-order chi connectivity index (χ0) is 19.5. The fourth-order valence-electron chi connectivity index (χ4n) is 3.12. The second-order valence-electron chi connectivity index (χ2n) is 8.01. The Morgan fingerprint density at radius 2 is 1.23 bits per heavy atom. The Hall–Kier alpha value is -1.05. The minimum absolute atomic E-state index is 0.273. The number of carbonyl (C=O) groups is 1.